The average molecular weight is 473 g/mol. The Bertz CT molecular complexity index is 1390. The largest absolute Gasteiger partial charge is 0.404 e. The van der Waals surface area contributed by atoms with E-state index < -0.39 is 23.6 Å². The number of carbonyl (C=O) groups excluding carboxylic acids is 6. The molecule has 2 aromatic carbocycles. The van der Waals surface area contributed by atoms with Gasteiger partial charge in [0.15, 0.2) is 0 Å². The van der Waals surface area contributed by atoms with Crippen LogP contribution >= 0.6 is 0 Å². The molecular weight excluding hydrogens is 454 g/mol. The number of rotatable bonds is 7. The molecular formula is C25H19N3O7. The molecule has 1 fully saturated rings. The topological polar surface area (TPSA) is 123 Å². The molecule has 0 radical (unpaired) electrons. The predicted molar refractivity (Wildman–Crippen MR) is 120 cm³/mol. The zero-order valence-corrected chi connectivity index (χ0v) is 18.4. The van der Waals surface area contributed by atoms with E-state index in [-0.39, 0.29) is 36.8 Å². The first kappa shape index (κ1) is 22.2. The van der Waals surface area contributed by atoms with Crippen molar-refractivity contribution in [3.05, 3.63) is 71.4 Å². The van der Waals surface area contributed by atoms with Crippen molar-refractivity contribution in [3.8, 4) is 0 Å². The summed E-state index contributed by atoms with van der Waals surface area (Å²) in [5, 5.41) is 0.830. The average Bonchev–Trinajstić information content (AvgIpc) is 3.47. The van der Waals surface area contributed by atoms with Gasteiger partial charge in [0.2, 0.25) is 0 Å². The molecule has 2 aliphatic rings. The molecule has 3 heterocycles. The van der Waals surface area contributed by atoms with Gasteiger partial charge in [0.25, 0.3) is 29.4 Å². The number of fused-ring (bicyclic) bond motifs is 2. The molecule has 0 N–H and O–H groups in total. The Morgan fingerprint density at radius 1 is 0.800 bits per heavy atom. The summed E-state index contributed by atoms with van der Waals surface area (Å²) in [7, 11) is 0. The Kier molecular flexibility index (Phi) is 5.48. The molecule has 1 aromatic heterocycles. The maximum atomic E-state index is 12.8. The molecule has 0 spiro atoms. The molecule has 1 saturated heterocycles. The van der Waals surface area contributed by atoms with Gasteiger partial charge in [-0.1, -0.05) is 30.3 Å². The highest BCUT2D eigenvalue weighted by molar-refractivity contribution is 6.43. The lowest BCUT2D eigenvalue weighted by molar-refractivity contribution is -0.193. The van der Waals surface area contributed by atoms with E-state index in [1.54, 1.807) is 53.1 Å². The van der Waals surface area contributed by atoms with E-state index in [1.165, 1.54) is 11.1 Å². The first-order valence-corrected chi connectivity index (χ1v) is 11.0. The fourth-order valence-corrected chi connectivity index (χ4v) is 4.35. The van der Waals surface area contributed by atoms with Crippen molar-refractivity contribution in [1.82, 2.24) is 14.5 Å². The van der Waals surface area contributed by atoms with Gasteiger partial charge in [0.1, 0.15) is 0 Å². The van der Waals surface area contributed by atoms with Crippen molar-refractivity contribution in [2.45, 2.75) is 25.8 Å². The first-order chi connectivity index (χ1) is 16.9. The highest BCUT2D eigenvalue weighted by Gasteiger charge is 2.36. The molecule has 176 valence electrons. The van der Waals surface area contributed by atoms with Crippen LogP contribution in [0.25, 0.3) is 10.9 Å². The van der Waals surface area contributed by atoms with Crippen LogP contribution < -0.4 is 0 Å². The first-order valence-electron chi connectivity index (χ1n) is 11.0. The molecule has 10 nitrogen and oxygen atoms in total. The van der Waals surface area contributed by atoms with E-state index in [9.17, 15) is 28.8 Å². The summed E-state index contributed by atoms with van der Waals surface area (Å²) in [6.45, 7) is 0.544. The fraction of sp³-hybridized carbons (Fsp3) is 0.200. The number of nitrogens with zero attached hydrogens (tertiary/aromatic N) is 3. The Morgan fingerprint density at radius 3 is 2.06 bits per heavy atom. The number of hydroxylamine groups is 2. The van der Waals surface area contributed by atoms with Crippen LogP contribution in [-0.4, -0.2) is 56.5 Å². The quantitative estimate of drug-likeness (QED) is 0.293. The number of para-hydroxylation sites is 1. The monoisotopic (exact) mass is 473 g/mol. The summed E-state index contributed by atoms with van der Waals surface area (Å²) in [6.07, 6.45) is 1.75. The van der Waals surface area contributed by atoms with Crippen LogP contribution in [0.2, 0.25) is 0 Å². The van der Waals surface area contributed by atoms with Gasteiger partial charge in [-0.25, -0.2) is 4.79 Å². The molecule has 3 aromatic rings. The third kappa shape index (κ3) is 3.78. The van der Waals surface area contributed by atoms with Crippen molar-refractivity contribution >= 4 is 46.3 Å². The number of hydrogen-bond donors (Lipinski definition) is 0. The maximum Gasteiger partial charge on any atom is 0.404 e. The minimum Gasteiger partial charge on any atom is -0.347 e. The van der Waals surface area contributed by atoms with Crippen LogP contribution in [0.4, 0.5) is 0 Å². The van der Waals surface area contributed by atoms with Gasteiger partial charge in [0, 0.05) is 43.0 Å². The molecule has 0 bridgehead atoms. The van der Waals surface area contributed by atoms with E-state index in [1.807, 2.05) is 0 Å². The molecule has 0 aliphatic carbocycles. The molecule has 0 saturated carbocycles. The van der Waals surface area contributed by atoms with Gasteiger partial charge in [-0.15, -0.1) is 5.06 Å². The van der Waals surface area contributed by atoms with Crippen LogP contribution in [0.5, 0.6) is 0 Å². The predicted octanol–water partition coefficient (Wildman–Crippen LogP) is 2.12. The number of hydrogen-bond acceptors (Lipinski definition) is 7. The van der Waals surface area contributed by atoms with Gasteiger partial charge in [0.05, 0.1) is 16.7 Å². The maximum absolute atomic E-state index is 12.8. The second-order valence-electron chi connectivity index (χ2n) is 8.20. The molecule has 5 rings (SSSR count). The molecule has 0 unspecified atom stereocenters. The second-order valence-corrected chi connectivity index (χ2v) is 8.20. The number of benzene rings is 2. The van der Waals surface area contributed by atoms with Gasteiger partial charge in [-0.2, -0.15) is 0 Å². The normalized spacial score (nSPS) is 15.3. The minimum absolute atomic E-state index is 0.0606. The van der Waals surface area contributed by atoms with Gasteiger partial charge in [-0.3, -0.25) is 28.9 Å². The van der Waals surface area contributed by atoms with Gasteiger partial charge >= 0.3 is 5.97 Å². The SMILES string of the molecule is O=C(ON1C(=O)CCC1=O)C(=O)c1cn(CCCN2C(=O)c3ccccc3C2=O)c2ccccc12. The molecule has 10 heteroatoms. The zero-order valence-electron chi connectivity index (χ0n) is 18.4. The summed E-state index contributed by atoms with van der Waals surface area (Å²) in [4.78, 5) is 79.7. The molecule has 4 amide bonds. The number of Topliss-reactive ketones (excluding diaryl/α,β-unsaturated/α-hetero) is 1. The van der Waals surface area contributed by atoms with Crippen molar-refractivity contribution in [1.29, 1.82) is 0 Å². The molecule has 35 heavy (non-hydrogen) atoms. The minimum atomic E-state index is -1.33. The number of imide groups is 2. The summed E-state index contributed by atoms with van der Waals surface area (Å²) in [5.74, 6) is -4.35. The van der Waals surface area contributed by atoms with E-state index in [2.05, 4.69) is 0 Å². The van der Waals surface area contributed by atoms with Crippen molar-refractivity contribution in [2.75, 3.05) is 6.54 Å². The number of carbonyl (C=O) groups is 6. The highest BCUT2D eigenvalue weighted by atomic mass is 16.7. The second kappa shape index (κ2) is 8.64. The number of aromatic nitrogens is 1. The summed E-state index contributed by atoms with van der Waals surface area (Å²) < 4.78 is 1.75. The van der Waals surface area contributed by atoms with Crippen LogP contribution in [0.15, 0.2) is 54.7 Å². The Balaban J connectivity index is 1.31. The molecule has 2 aliphatic heterocycles. The van der Waals surface area contributed by atoms with Crippen LogP contribution in [0.1, 0.15) is 50.3 Å². The third-order valence-electron chi connectivity index (χ3n) is 6.06. The van der Waals surface area contributed by atoms with E-state index in [4.69, 9.17) is 4.84 Å². The third-order valence-corrected chi connectivity index (χ3v) is 6.06. The summed E-state index contributed by atoms with van der Waals surface area (Å²) in [6, 6.07) is 13.6. The Hall–Kier alpha value is -4.60. The van der Waals surface area contributed by atoms with Crippen LogP contribution in [0, 0.1) is 0 Å². The van der Waals surface area contributed by atoms with Crippen molar-refractivity contribution < 1.29 is 33.6 Å². The smallest absolute Gasteiger partial charge is 0.347 e. The van der Waals surface area contributed by atoms with E-state index in [0.717, 1.165) is 0 Å². The standard InChI is InChI=1S/C25H19N3O7/c29-20-10-11-21(30)28(20)35-25(34)22(31)18-14-26(19-9-4-3-6-15(18)19)12-5-13-27-23(32)16-7-1-2-8-17(16)24(27)33/h1-4,6-9,14H,5,10-13H2. The van der Waals surface area contributed by atoms with Crippen molar-refractivity contribution in [2.24, 2.45) is 0 Å². The van der Waals surface area contributed by atoms with E-state index >= 15 is 0 Å². The zero-order chi connectivity index (χ0) is 24.7. The number of aryl methyl sites for hydroxylation is 1. The Morgan fingerprint density at radius 2 is 1.40 bits per heavy atom. The number of amides is 4. The lowest BCUT2D eigenvalue weighted by Crippen LogP contribution is -2.34. The Labute approximate surface area is 198 Å². The lowest BCUT2D eigenvalue weighted by atomic mass is 10.1. The summed E-state index contributed by atoms with van der Waals surface area (Å²) >= 11 is 0. The fourth-order valence-electron chi connectivity index (χ4n) is 4.35. The van der Waals surface area contributed by atoms with Crippen LogP contribution in [0.3, 0.4) is 0 Å². The lowest BCUT2D eigenvalue weighted by Gasteiger charge is -2.14. The number of ketones is 1. The van der Waals surface area contributed by atoms with E-state index in [0.29, 0.717) is 40.1 Å². The van der Waals surface area contributed by atoms with Gasteiger partial charge in [-0.05, 0) is 24.6 Å². The van der Waals surface area contributed by atoms with Crippen LogP contribution in [-0.2, 0) is 25.8 Å². The summed E-state index contributed by atoms with van der Waals surface area (Å²) in [5.41, 5.74) is 1.49. The highest BCUT2D eigenvalue weighted by Crippen LogP contribution is 2.25. The van der Waals surface area contributed by atoms with Gasteiger partial charge < -0.3 is 9.40 Å². The molecule has 0 atom stereocenters. The van der Waals surface area contributed by atoms with Crippen molar-refractivity contribution in [3.63, 3.8) is 0 Å².